The van der Waals surface area contributed by atoms with E-state index in [1.54, 1.807) is 36.0 Å². The number of methoxy groups -OCH3 is 2. The first kappa shape index (κ1) is 23.8. The van der Waals surface area contributed by atoms with E-state index in [0.29, 0.717) is 27.9 Å². The first-order valence-corrected chi connectivity index (χ1v) is 12.6. The van der Waals surface area contributed by atoms with Gasteiger partial charge >= 0.3 is 0 Å². The number of ether oxygens (including phenoxy) is 2. The van der Waals surface area contributed by atoms with E-state index < -0.39 is 10.0 Å². The van der Waals surface area contributed by atoms with Crippen LogP contribution in [0.5, 0.6) is 11.5 Å². The van der Waals surface area contributed by atoms with E-state index >= 15 is 0 Å². The van der Waals surface area contributed by atoms with Crippen molar-refractivity contribution in [2.45, 2.75) is 16.2 Å². The van der Waals surface area contributed by atoms with Crippen molar-refractivity contribution >= 4 is 49.8 Å². The van der Waals surface area contributed by atoms with Gasteiger partial charge in [0.2, 0.25) is 5.13 Å². The molecule has 1 N–H and O–H groups in total. The first-order chi connectivity index (χ1) is 15.3. The van der Waals surface area contributed by atoms with Crippen molar-refractivity contribution in [1.82, 2.24) is 10.2 Å². The minimum Gasteiger partial charge on any atom is -0.493 e. The van der Waals surface area contributed by atoms with Gasteiger partial charge in [-0.1, -0.05) is 30.0 Å². The lowest BCUT2D eigenvalue weighted by Crippen LogP contribution is -2.26. The van der Waals surface area contributed by atoms with E-state index in [-0.39, 0.29) is 10.8 Å². The molecule has 1 amide bonds. The number of amides is 1. The predicted octanol–water partition coefficient (Wildman–Crippen LogP) is 3.74. The van der Waals surface area contributed by atoms with Crippen molar-refractivity contribution in [3.63, 3.8) is 0 Å². The Morgan fingerprint density at radius 3 is 2.41 bits per heavy atom. The highest BCUT2D eigenvalue weighted by Crippen LogP contribution is 2.32. The molecule has 0 radical (unpaired) electrons. The molecule has 0 aliphatic rings. The summed E-state index contributed by atoms with van der Waals surface area (Å²) in [5, 5.41) is 11.0. The number of thioether (sulfide) groups is 1. The van der Waals surface area contributed by atoms with Gasteiger partial charge in [-0.25, -0.2) is 8.42 Å². The second-order valence-electron chi connectivity index (χ2n) is 6.30. The van der Waals surface area contributed by atoms with Crippen LogP contribution in [-0.2, 0) is 10.0 Å². The molecule has 3 aromatic rings. The molecule has 0 atom stereocenters. The molecule has 0 bridgehead atoms. The van der Waals surface area contributed by atoms with Gasteiger partial charge < -0.3 is 9.47 Å². The molecule has 170 valence electrons. The molecule has 12 heteroatoms. The Hall–Kier alpha value is -2.83. The average Bonchev–Trinajstić information content (AvgIpc) is 3.25. The molecule has 1 heterocycles. The van der Waals surface area contributed by atoms with Crippen molar-refractivity contribution in [1.29, 1.82) is 0 Å². The first-order valence-electron chi connectivity index (χ1n) is 9.38. The van der Waals surface area contributed by atoms with Crippen LogP contribution in [0.3, 0.4) is 0 Å². The SMILES string of the molecule is CCSc1nnc(NC(=O)c2ccc(N(C)S(=O)(=O)c3ccc(OC)c(OC)c3)cc2)s1. The van der Waals surface area contributed by atoms with Crippen LogP contribution < -0.4 is 19.1 Å². The normalized spacial score (nSPS) is 11.1. The van der Waals surface area contributed by atoms with E-state index in [1.807, 2.05) is 6.92 Å². The summed E-state index contributed by atoms with van der Waals surface area (Å²) in [6.45, 7) is 2.01. The molecule has 0 aliphatic carbocycles. The van der Waals surface area contributed by atoms with Gasteiger partial charge in [-0.05, 0) is 42.2 Å². The topological polar surface area (TPSA) is 111 Å². The molecule has 2 aromatic carbocycles. The Morgan fingerprint density at radius 1 is 1.09 bits per heavy atom. The smallest absolute Gasteiger partial charge is 0.264 e. The largest absolute Gasteiger partial charge is 0.493 e. The number of benzene rings is 2. The number of aromatic nitrogens is 2. The zero-order valence-corrected chi connectivity index (χ0v) is 20.3. The molecule has 1 aromatic heterocycles. The Kier molecular flexibility index (Phi) is 7.59. The average molecular weight is 495 g/mol. The van der Waals surface area contributed by atoms with E-state index in [2.05, 4.69) is 15.5 Å². The highest BCUT2D eigenvalue weighted by Gasteiger charge is 2.23. The Labute approximate surface area is 194 Å². The lowest BCUT2D eigenvalue weighted by Gasteiger charge is -2.20. The molecule has 0 saturated carbocycles. The molecule has 0 saturated heterocycles. The number of nitrogens with zero attached hydrogens (tertiary/aromatic N) is 3. The lowest BCUT2D eigenvalue weighted by atomic mass is 10.2. The molecular formula is C20H22N4O5S3. The van der Waals surface area contributed by atoms with Gasteiger partial charge in [0.25, 0.3) is 15.9 Å². The summed E-state index contributed by atoms with van der Waals surface area (Å²) in [6, 6.07) is 10.6. The number of hydrogen-bond acceptors (Lipinski definition) is 9. The third-order valence-corrected chi connectivity index (χ3v) is 8.04. The van der Waals surface area contributed by atoms with Gasteiger partial charge in [-0.15, -0.1) is 10.2 Å². The number of sulfonamides is 1. The van der Waals surface area contributed by atoms with Gasteiger partial charge in [0.05, 0.1) is 24.8 Å². The second kappa shape index (κ2) is 10.2. The van der Waals surface area contributed by atoms with E-state index in [4.69, 9.17) is 9.47 Å². The van der Waals surface area contributed by atoms with Crippen molar-refractivity contribution in [3.8, 4) is 11.5 Å². The van der Waals surface area contributed by atoms with Crippen LogP contribution in [0.2, 0.25) is 0 Å². The Balaban J connectivity index is 1.76. The molecular weight excluding hydrogens is 472 g/mol. The molecule has 0 fully saturated rings. The number of anilines is 2. The molecule has 0 spiro atoms. The van der Waals surface area contributed by atoms with Gasteiger partial charge in [0.1, 0.15) is 0 Å². The third kappa shape index (κ3) is 5.14. The summed E-state index contributed by atoms with van der Waals surface area (Å²) in [5.41, 5.74) is 0.763. The minimum absolute atomic E-state index is 0.0523. The van der Waals surface area contributed by atoms with Crippen LogP contribution in [-0.4, -0.2) is 51.5 Å². The molecule has 32 heavy (non-hydrogen) atoms. The highest BCUT2D eigenvalue weighted by molar-refractivity contribution is 8.01. The summed E-state index contributed by atoms with van der Waals surface area (Å²) >= 11 is 2.84. The maximum atomic E-state index is 13.1. The molecule has 3 rings (SSSR count). The van der Waals surface area contributed by atoms with Crippen molar-refractivity contribution in [3.05, 3.63) is 48.0 Å². The summed E-state index contributed by atoms with van der Waals surface area (Å²) in [4.78, 5) is 12.5. The Morgan fingerprint density at radius 2 is 1.78 bits per heavy atom. The maximum Gasteiger partial charge on any atom is 0.264 e. The Bertz CT molecular complexity index is 1200. The van der Waals surface area contributed by atoms with Crippen molar-refractivity contribution in [2.24, 2.45) is 0 Å². The van der Waals surface area contributed by atoms with Crippen LogP contribution in [0, 0.1) is 0 Å². The van der Waals surface area contributed by atoms with Crippen LogP contribution in [0.15, 0.2) is 51.7 Å². The molecule has 0 unspecified atom stereocenters. The van der Waals surface area contributed by atoms with Crippen molar-refractivity contribution < 1.29 is 22.7 Å². The van der Waals surface area contributed by atoms with Gasteiger partial charge in [0, 0.05) is 18.7 Å². The second-order valence-corrected chi connectivity index (χ2v) is 10.8. The van der Waals surface area contributed by atoms with Gasteiger partial charge in [-0.3, -0.25) is 14.4 Å². The molecule has 0 aliphatic heterocycles. The van der Waals surface area contributed by atoms with Crippen molar-refractivity contribution in [2.75, 3.05) is 36.6 Å². The fraction of sp³-hybridized carbons (Fsp3) is 0.250. The monoisotopic (exact) mass is 494 g/mol. The summed E-state index contributed by atoms with van der Waals surface area (Å²) < 4.78 is 38.4. The maximum absolute atomic E-state index is 13.1. The summed E-state index contributed by atoms with van der Waals surface area (Å²) in [5.74, 6) is 1.25. The van der Waals surface area contributed by atoms with E-state index in [0.717, 1.165) is 14.4 Å². The third-order valence-electron chi connectivity index (χ3n) is 4.40. The fourth-order valence-electron chi connectivity index (χ4n) is 2.71. The zero-order valence-electron chi connectivity index (χ0n) is 17.9. The molecule has 9 nitrogen and oxygen atoms in total. The standard InChI is InChI=1S/C20H22N4O5S3/c1-5-30-20-23-22-19(31-20)21-18(25)13-6-8-14(9-7-13)24(2)32(26,27)15-10-11-16(28-3)17(12-15)29-4/h6-12H,5H2,1-4H3,(H,21,22,25). The summed E-state index contributed by atoms with van der Waals surface area (Å²) in [7, 11) is 0.498. The van der Waals surface area contributed by atoms with E-state index in [1.165, 1.54) is 50.8 Å². The quantitative estimate of drug-likeness (QED) is 0.354. The van der Waals surface area contributed by atoms with Crippen LogP contribution in [0.4, 0.5) is 10.8 Å². The van der Waals surface area contributed by atoms with Gasteiger partial charge in [0.15, 0.2) is 15.8 Å². The predicted molar refractivity (Wildman–Crippen MR) is 126 cm³/mol. The van der Waals surface area contributed by atoms with Crippen LogP contribution >= 0.6 is 23.1 Å². The van der Waals surface area contributed by atoms with Gasteiger partial charge in [-0.2, -0.15) is 0 Å². The highest BCUT2D eigenvalue weighted by atomic mass is 32.2. The number of hydrogen-bond donors (Lipinski definition) is 1. The number of carbonyl (C=O) groups excluding carboxylic acids is 1. The number of rotatable bonds is 9. The van der Waals surface area contributed by atoms with Crippen LogP contribution in [0.1, 0.15) is 17.3 Å². The lowest BCUT2D eigenvalue weighted by molar-refractivity contribution is 0.102. The van der Waals surface area contributed by atoms with E-state index in [9.17, 15) is 13.2 Å². The number of carbonyl (C=O) groups is 1. The summed E-state index contributed by atoms with van der Waals surface area (Å²) in [6.07, 6.45) is 0. The number of nitrogens with one attached hydrogen (secondary N) is 1. The minimum atomic E-state index is -3.86. The zero-order chi connectivity index (χ0) is 23.3. The fourth-order valence-corrected chi connectivity index (χ4v) is 5.56. The van der Waals surface area contributed by atoms with Crippen LogP contribution in [0.25, 0.3) is 0 Å².